The summed E-state index contributed by atoms with van der Waals surface area (Å²) in [6.45, 7) is 7.54. The van der Waals surface area contributed by atoms with E-state index in [1.54, 1.807) is 12.1 Å². The molecule has 2 aromatic carbocycles. The first-order chi connectivity index (χ1) is 14.1. The molecule has 0 saturated heterocycles. The van der Waals surface area contributed by atoms with Crippen LogP contribution in [-0.2, 0) is 6.42 Å². The topological polar surface area (TPSA) is 31.4 Å². The van der Waals surface area contributed by atoms with Gasteiger partial charge in [-0.15, -0.1) is 0 Å². The first kappa shape index (κ1) is 18.4. The van der Waals surface area contributed by atoms with Gasteiger partial charge in [-0.05, 0) is 49.7 Å². The van der Waals surface area contributed by atoms with E-state index in [1.807, 2.05) is 31.2 Å². The lowest BCUT2D eigenvalue weighted by atomic mass is 10.1. The van der Waals surface area contributed by atoms with Crippen molar-refractivity contribution in [3.05, 3.63) is 59.5 Å². The maximum absolute atomic E-state index is 13.7. The number of hydrogen-bond donors (Lipinski definition) is 0. The predicted octanol–water partition coefficient (Wildman–Crippen LogP) is 4.80. The van der Waals surface area contributed by atoms with Crippen LogP contribution in [0.25, 0.3) is 10.9 Å². The third-order valence-electron chi connectivity index (χ3n) is 6.20. The van der Waals surface area contributed by atoms with Gasteiger partial charge in [0.1, 0.15) is 24.7 Å². The first-order valence-electron chi connectivity index (χ1n) is 10.4. The van der Waals surface area contributed by atoms with Crippen molar-refractivity contribution in [2.24, 2.45) is 0 Å². The van der Waals surface area contributed by atoms with Crippen LogP contribution >= 0.6 is 0 Å². The second-order valence-corrected chi connectivity index (χ2v) is 8.26. The molecule has 5 heteroatoms. The van der Waals surface area contributed by atoms with E-state index >= 15 is 0 Å². The lowest BCUT2D eigenvalue weighted by Gasteiger charge is -2.38. The second-order valence-electron chi connectivity index (χ2n) is 8.26. The average molecular weight is 393 g/mol. The maximum atomic E-state index is 13.7. The molecule has 0 aliphatic carbocycles. The minimum Gasteiger partial charge on any atom is -0.486 e. The Morgan fingerprint density at radius 2 is 2.07 bits per heavy atom. The minimum atomic E-state index is -0.152. The summed E-state index contributed by atoms with van der Waals surface area (Å²) in [5, 5.41) is 0.990. The quantitative estimate of drug-likeness (QED) is 0.597. The number of aryl methyl sites for hydroxylation is 1. The minimum absolute atomic E-state index is 0.0584. The van der Waals surface area contributed by atoms with Crippen molar-refractivity contribution < 1.29 is 13.9 Å². The molecule has 0 N–H and O–H groups in total. The Morgan fingerprint density at radius 1 is 1.17 bits per heavy atom. The Morgan fingerprint density at radius 3 is 2.93 bits per heavy atom. The number of hydrogen-bond acceptors (Lipinski definition) is 3. The molecular weight excluding hydrogens is 367 g/mol. The Labute approximate surface area is 170 Å². The summed E-state index contributed by atoms with van der Waals surface area (Å²) < 4.78 is 27.2. The lowest BCUT2D eigenvalue weighted by Crippen LogP contribution is -2.55. The van der Waals surface area contributed by atoms with E-state index < -0.39 is 0 Å². The van der Waals surface area contributed by atoms with E-state index in [0.717, 1.165) is 70.6 Å². The Kier molecular flexibility index (Phi) is 4.43. The summed E-state index contributed by atoms with van der Waals surface area (Å²) in [5.41, 5.74) is 4.27. The lowest BCUT2D eigenvalue weighted by molar-refractivity contribution is 0.0644. The van der Waals surface area contributed by atoms with Crippen LogP contribution in [0.1, 0.15) is 24.6 Å². The zero-order valence-corrected chi connectivity index (χ0v) is 17.0. The molecule has 2 aliphatic heterocycles. The maximum Gasteiger partial charge on any atom is 0.182 e. The van der Waals surface area contributed by atoms with Crippen molar-refractivity contribution in [2.75, 3.05) is 26.2 Å². The third kappa shape index (κ3) is 3.14. The zero-order chi connectivity index (χ0) is 20.0. The van der Waals surface area contributed by atoms with Gasteiger partial charge in [0.25, 0.3) is 0 Å². The van der Waals surface area contributed by atoms with E-state index in [2.05, 4.69) is 18.0 Å². The van der Waals surface area contributed by atoms with Crippen LogP contribution in [0.15, 0.2) is 42.5 Å². The smallest absolute Gasteiger partial charge is 0.182 e. The van der Waals surface area contributed by atoms with Crippen LogP contribution in [0.4, 0.5) is 10.1 Å². The molecule has 5 rings (SSSR count). The molecule has 2 aliphatic rings. The van der Waals surface area contributed by atoms with Gasteiger partial charge in [0.15, 0.2) is 17.6 Å². The molecule has 1 aromatic heterocycles. The number of benzene rings is 2. The van der Waals surface area contributed by atoms with Crippen LogP contribution < -0.4 is 14.0 Å². The van der Waals surface area contributed by atoms with Crippen molar-refractivity contribution >= 4 is 16.6 Å². The van der Waals surface area contributed by atoms with Crippen LogP contribution in [0.3, 0.4) is 0 Å². The Hall–Kier alpha value is -2.66. The van der Waals surface area contributed by atoms with E-state index in [9.17, 15) is 4.39 Å². The van der Waals surface area contributed by atoms with Crippen LogP contribution in [-0.4, -0.2) is 37.3 Å². The number of halogens is 1. The SMILES string of the molecule is CCC[N+]1(CC2COc3ccc4nc(C)ccc4c3O2)CCc2cc(F)ccc21. The molecule has 29 heavy (non-hydrogen) atoms. The number of fused-ring (bicyclic) bond motifs is 4. The van der Waals surface area contributed by atoms with E-state index in [1.165, 1.54) is 5.69 Å². The largest absolute Gasteiger partial charge is 0.486 e. The molecule has 0 saturated carbocycles. The number of aromatic nitrogens is 1. The van der Waals surface area contributed by atoms with Crippen molar-refractivity contribution in [2.45, 2.75) is 32.8 Å². The summed E-state index contributed by atoms with van der Waals surface area (Å²) in [4.78, 5) is 4.62. The predicted molar refractivity (Wildman–Crippen MR) is 113 cm³/mol. The highest BCUT2D eigenvalue weighted by Gasteiger charge is 2.41. The standard InChI is InChI=1S/C24H26FN2O2/c1-3-11-27(12-10-17-13-18(25)5-8-22(17)27)14-19-15-28-23-9-7-21-20(24(23)29-19)6-4-16(2)26-21/h4-9,13,19H,3,10-12,14-15H2,1-2H3/q+1. The van der Waals surface area contributed by atoms with Crippen molar-refractivity contribution in [1.29, 1.82) is 0 Å². The normalized spacial score (nSPS) is 22.7. The summed E-state index contributed by atoms with van der Waals surface area (Å²) in [6.07, 6.45) is 1.91. The molecular formula is C24H26FN2O2+. The molecule has 0 spiro atoms. The van der Waals surface area contributed by atoms with Crippen molar-refractivity contribution in [1.82, 2.24) is 9.47 Å². The van der Waals surface area contributed by atoms with Gasteiger partial charge < -0.3 is 9.47 Å². The summed E-state index contributed by atoms with van der Waals surface area (Å²) in [5.74, 6) is 1.42. The fourth-order valence-electron chi connectivity index (χ4n) is 4.97. The molecule has 0 amide bonds. The van der Waals surface area contributed by atoms with E-state index in [4.69, 9.17) is 9.47 Å². The second kappa shape index (κ2) is 6.99. The van der Waals surface area contributed by atoms with Crippen LogP contribution in [0.5, 0.6) is 11.5 Å². The molecule has 2 unspecified atom stereocenters. The first-order valence-corrected chi connectivity index (χ1v) is 10.4. The van der Waals surface area contributed by atoms with Crippen molar-refractivity contribution in [3.8, 4) is 11.5 Å². The Bertz CT molecular complexity index is 1080. The zero-order valence-electron chi connectivity index (χ0n) is 17.0. The summed E-state index contributed by atoms with van der Waals surface area (Å²) in [7, 11) is 0. The van der Waals surface area contributed by atoms with E-state index in [0.29, 0.717) is 6.61 Å². The Balaban J connectivity index is 1.47. The average Bonchev–Trinajstić information content (AvgIpc) is 3.05. The highest BCUT2D eigenvalue weighted by atomic mass is 19.1. The fraction of sp³-hybridized carbons (Fsp3) is 0.375. The van der Waals surface area contributed by atoms with Gasteiger partial charge in [0.05, 0.1) is 18.6 Å². The number of ether oxygens (including phenoxy) is 2. The molecule has 2 atom stereocenters. The highest BCUT2D eigenvalue weighted by Crippen LogP contribution is 2.41. The van der Waals surface area contributed by atoms with Gasteiger partial charge in [-0.1, -0.05) is 6.92 Å². The molecule has 0 radical (unpaired) electrons. The molecule has 150 valence electrons. The van der Waals surface area contributed by atoms with Crippen molar-refractivity contribution in [3.63, 3.8) is 0 Å². The van der Waals surface area contributed by atoms with Gasteiger partial charge in [-0.2, -0.15) is 0 Å². The van der Waals surface area contributed by atoms with Crippen LogP contribution in [0, 0.1) is 12.7 Å². The molecule has 0 fully saturated rings. The van der Waals surface area contributed by atoms with Crippen LogP contribution in [0.2, 0.25) is 0 Å². The van der Waals surface area contributed by atoms with Gasteiger partial charge >= 0.3 is 0 Å². The molecule has 3 heterocycles. The highest BCUT2D eigenvalue weighted by molar-refractivity contribution is 5.88. The number of rotatable bonds is 4. The number of nitrogens with zero attached hydrogens (tertiary/aromatic N) is 2. The third-order valence-corrected chi connectivity index (χ3v) is 6.20. The number of quaternary nitrogens is 1. The number of pyridine rings is 1. The fourth-order valence-corrected chi connectivity index (χ4v) is 4.97. The van der Waals surface area contributed by atoms with Gasteiger partial charge in [0.2, 0.25) is 0 Å². The molecule has 0 bridgehead atoms. The van der Waals surface area contributed by atoms with Gasteiger partial charge in [-0.3, -0.25) is 9.47 Å². The van der Waals surface area contributed by atoms with E-state index in [-0.39, 0.29) is 11.9 Å². The molecule has 4 nitrogen and oxygen atoms in total. The van der Waals surface area contributed by atoms with Gasteiger partial charge in [-0.25, -0.2) is 4.39 Å². The summed E-state index contributed by atoms with van der Waals surface area (Å²) >= 11 is 0. The molecule has 3 aromatic rings. The van der Waals surface area contributed by atoms with Gasteiger partial charge in [0, 0.05) is 29.1 Å². The monoisotopic (exact) mass is 393 g/mol. The summed E-state index contributed by atoms with van der Waals surface area (Å²) in [6, 6.07) is 13.2.